The summed E-state index contributed by atoms with van der Waals surface area (Å²) in [5, 5.41) is 22.6. The minimum Gasteiger partial charge on any atom is -0.619 e. The van der Waals surface area contributed by atoms with Crippen molar-refractivity contribution < 1.29 is 14.6 Å². The van der Waals surface area contributed by atoms with E-state index in [2.05, 4.69) is 0 Å². The Morgan fingerprint density at radius 2 is 1.96 bits per heavy atom. The molecular formula is C21H20N2O3S. The maximum Gasteiger partial charge on any atom is 0.223 e. The zero-order valence-corrected chi connectivity index (χ0v) is 15.7. The van der Waals surface area contributed by atoms with Crippen molar-refractivity contribution in [2.24, 2.45) is 0 Å². The fraction of sp³-hybridized carbons (Fsp3) is 0.238. The molecule has 6 heteroatoms. The Labute approximate surface area is 161 Å². The lowest BCUT2D eigenvalue weighted by Crippen LogP contribution is -2.36. The van der Waals surface area contributed by atoms with Crippen LogP contribution in [0.15, 0.2) is 67.0 Å². The molecule has 1 fully saturated rings. The topological polar surface area (TPSA) is 67.5 Å². The van der Waals surface area contributed by atoms with Crippen molar-refractivity contribution in [3.8, 4) is 10.4 Å². The largest absolute Gasteiger partial charge is 0.619 e. The molecule has 2 aromatic heterocycles. The van der Waals surface area contributed by atoms with Gasteiger partial charge in [0.2, 0.25) is 5.91 Å². The predicted molar refractivity (Wildman–Crippen MR) is 104 cm³/mol. The maximum atomic E-state index is 12.3. The number of aromatic nitrogens is 1. The van der Waals surface area contributed by atoms with E-state index in [4.69, 9.17) is 0 Å². The number of likely N-dealkylation sites (tertiary alicyclic amines) is 1. The summed E-state index contributed by atoms with van der Waals surface area (Å²) in [6, 6.07) is 16.9. The molecule has 1 aliphatic rings. The lowest BCUT2D eigenvalue weighted by atomic mass is 9.88. The highest BCUT2D eigenvalue weighted by Crippen LogP contribution is 2.42. The molecule has 27 heavy (non-hydrogen) atoms. The Balaban J connectivity index is 1.65. The Morgan fingerprint density at radius 1 is 1.19 bits per heavy atom. The second-order valence-electron chi connectivity index (χ2n) is 6.82. The smallest absolute Gasteiger partial charge is 0.223 e. The van der Waals surface area contributed by atoms with Gasteiger partial charge in [-0.15, -0.1) is 11.3 Å². The molecule has 0 bridgehead atoms. The Morgan fingerprint density at radius 3 is 2.70 bits per heavy atom. The molecule has 0 radical (unpaired) electrons. The van der Waals surface area contributed by atoms with Crippen molar-refractivity contribution in [3.63, 3.8) is 0 Å². The highest BCUT2D eigenvalue weighted by molar-refractivity contribution is 7.15. The van der Waals surface area contributed by atoms with Crippen LogP contribution in [0.3, 0.4) is 0 Å². The third-order valence-corrected chi connectivity index (χ3v) is 6.38. The molecule has 1 N–H and O–H groups in total. The van der Waals surface area contributed by atoms with Crippen LogP contribution in [0.4, 0.5) is 0 Å². The Hall–Kier alpha value is -2.70. The third-order valence-electron chi connectivity index (χ3n) is 5.18. The molecule has 1 saturated heterocycles. The number of carbonyl (C=O) groups is 1. The molecule has 0 unspecified atom stereocenters. The summed E-state index contributed by atoms with van der Waals surface area (Å²) in [6.45, 7) is 0. The number of thiophene rings is 1. The van der Waals surface area contributed by atoms with Crippen LogP contribution in [0.2, 0.25) is 0 Å². The fourth-order valence-electron chi connectivity index (χ4n) is 3.77. The number of likely N-dealkylation sites (N-methyl/N-ethyl adjacent to an activating group) is 1. The third kappa shape index (κ3) is 3.34. The van der Waals surface area contributed by atoms with Crippen molar-refractivity contribution in [2.45, 2.75) is 24.5 Å². The number of pyridine rings is 1. The van der Waals surface area contributed by atoms with Crippen LogP contribution >= 0.6 is 11.3 Å². The number of aliphatic hydroxyl groups excluding tert-OH is 1. The molecule has 138 valence electrons. The van der Waals surface area contributed by atoms with E-state index < -0.39 is 6.10 Å². The van der Waals surface area contributed by atoms with Crippen LogP contribution in [-0.4, -0.2) is 29.0 Å². The molecule has 0 spiro atoms. The van der Waals surface area contributed by atoms with Gasteiger partial charge >= 0.3 is 0 Å². The van der Waals surface area contributed by atoms with Gasteiger partial charge in [0.25, 0.3) is 0 Å². The van der Waals surface area contributed by atoms with Crippen LogP contribution in [0.5, 0.6) is 0 Å². The second-order valence-corrected chi connectivity index (χ2v) is 7.93. The molecule has 3 atom stereocenters. The zero-order chi connectivity index (χ0) is 19.0. The van der Waals surface area contributed by atoms with Gasteiger partial charge in [0.1, 0.15) is 6.10 Å². The summed E-state index contributed by atoms with van der Waals surface area (Å²) in [4.78, 5) is 15.7. The van der Waals surface area contributed by atoms with Gasteiger partial charge in [-0.1, -0.05) is 30.3 Å². The van der Waals surface area contributed by atoms with E-state index in [0.29, 0.717) is 6.42 Å². The molecule has 0 aliphatic carbocycles. The molecule has 0 saturated carbocycles. The monoisotopic (exact) mass is 380 g/mol. The van der Waals surface area contributed by atoms with E-state index >= 15 is 0 Å². The Kier molecular flexibility index (Phi) is 4.68. The van der Waals surface area contributed by atoms with E-state index in [-0.39, 0.29) is 17.9 Å². The van der Waals surface area contributed by atoms with Crippen LogP contribution in [0.1, 0.15) is 28.9 Å². The Bertz CT molecular complexity index is 957. The van der Waals surface area contributed by atoms with Crippen molar-refractivity contribution in [3.05, 3.63) is 82.6 Å². The highest BCUT2D eigenvalue weighted by Gasteiger charge is 2.43. The molecule has 1 aliphatic heterocycles. The summed E-state index contributed by atoms with van der Waals surface area (Å²) in [5.74, 6) is -0.00934. The number of benzene rings is 1. The molecule has 3 aromatic rings. The SMILES string of the molecule is CN1C(=O)C[C@H](c2ccccc2)[C@@H]1[C@H](O)c1ccc(-c2ccc[n+]([O-])c2)s1. The molecular weight excluding hydrogens is 360 g/mol. The number of aliphatic hydroxyl groups is 1. The maximum absolute atomic E-state index is 12.3. The van der Waals surface area contributed by atoms with Gasteiger partial charge in [-0.2, -0.15) is 4.73 Å². The number of nitrogens with zero attached hydrogens (tertiary/aromatic N) is 2. The quantitative estimate of drug-likeness (QED) is 0.559. The van der Waals surface area contributed by atoms with Crippen molar-refractivity contribution in [1.82, 2.24) is 4.90 Å². The molecule has 3 heterocycles. The number of hydrogen-bond acceptors (Lipinski definition) is 4. The van der Waals surface area contributed by atoms with E-state index in [1.165, 1.54) is 23.7 Å². The molecule has 4 rings (SSSR count). The summed E-state index contributed by atoms with van der Waals surface area (Å²) in [5.41, 5.74) is 1.87. The normalized spacial score (nSPS) is 20.8. The lowest BCUT2D eigenvalue weighted by molar-refractivity contribution is -0.604. The molecule has 1 amide bonds. The van der Waals surface area contributed by atoms with Gasteiger partial charge in [0.05, 0.1) is 11.6 Å². The molecule has 1 aromatic carbocycles. The lowest BCUT2D eigenvalue weighted by Gasteiger charge is -2.29. The minimum atomic E-state index is -0.784. The van der Waals surface area contributed by atoms with Gasteiger partial charge in [0, 0.05) is 35.2 Å². The summed E-state index contributed by atoms with van der Waals surface area (Å²) in [6.07, 6.45) is 2.57. The second kappa shape index (κ2) is 7.13. The van der Waals surface area contributed by atoms with E-state index in [9.17, 15) is 15.1 Å². The first-order valence-electron chi connectivity index (χ1n) is 8.82. The van der Waals surface area contributed by atoms with Crippen molar-refractivity contribution in [1.29, 1.82) is 0 Å². The summed E-state index contributed by atoms with van der Waals surface area (Å²) in [7, 11) is 1.76. The summed E-state index contributed by atoms with van der Waals surface area (Å²) < 4.78 is 0.764. The van der Waals surface area contributed by atoms with Crippen molar-refractivity contribution in [2.75, 3.05) is 7.05 Å². The van der Waals surface area contributed by atoms with E-state index in [1.807, 2.05) is 48.5 Å². The molecule has 5 nitrogen and oxygen atoms in total. The first-order chi connectivity index (χ1) is 13.0. The zero-order valence-electron chi connectivity index (χ0n) is 14.9. The van der Waals surface area contributed by atoms with Gasteiger partial charge < -0.3 is 15.2 Å². The van der Waals surface area contributed by atoms with E-state index in [0.717, 1.165) is 25.6 Å². The number of amides is 1. The van der Waals surface area contributed by atoms with Gasteiger partial charge in [0.15, 0.2) is 12.4 Å². The highest BCUT2D eigenvalue weighted by atomic mass is 32.1. The van der Waals surface area contributed by atoms with E-state index in [1.54, 1.807) is 18.0 Å². The van der Waals surface area contributed by atoms with Crippen LogP contribution < -0.4 is 4.73 Å². The predicted octanol–water partition coefficient (Wildman–Crippen LogP) is 3.10. The average molecular weight is 380 g/mol. The standard InChI is InChI=1S/C21H20N2O3S/c1-22-19(24)12-16(14-6-3-2-4-7-14)20(22)21(25)18-10-9-17(27-18)15-8-5-11-23(26)13-15/h2-11,13,16,20-21,25H,12H2,1H3/t16-,20-,21-/m1/s1. The number of carbonyl (C=O) groups excluding carboxylic acids is 1. The van der Waals surface area contributed by atoms with Crippen LogP contribution in [0.25, 0.3) is 10.4 Å². The van der Waals surface area contributed by atoms with Gasteiger partial charge in [-0.05, 0) is 23.8 Å². The first kappa shape index (κ1) is 17.7. The number of hydrogen-bond donors (Lipinski definition) is 1. The van der Waals surface area contributed by atoms with Crippen LogP contribution in [0, 0.1) is 5.21 Å². The van der Waals surface area contributed by atoms with Crippen molar-refractivity contribution >= 4 is 17.2 Å². The average Bonchev–Trinajstić information content (AvgIpc) is 3.28. The fourth-order valence-corrected chi connectivity index (χ4v) is 4.80. The minimum absolute atomic E-state index is 0.0418. The van der Waals surface area contributed by atoms with Gasteiger partial charge in [-0.3, -0.25) is 4.79 Å². The summed E-state index contributed by atoms with van der Waals surface area (Å²) >= 11 is 1.45. The van der Waals surface area contributed by atoms with Crippen LogP contribution in [-0.2, 0) is 4.79 Å². The van der Waals surface area contributed by atoms with Gasteiger partial charge in [-0.25, -0.2) is 0 Å². The first-order valence-corrected chi connectivity index (χ1v) is 9.64. The number of rotatable bonds is 4.